The quantitative estimate of drug-likeness (QED) is 0.684. The molecule has 0 saturated carbocycles. The van der Waals surface area contributed by atoms with Crippen LogP contribution in [0, 0.1) is 12.3 Å². The van der Waals surface area contributed by atoms with Crippen LogP contribution in [-0.4, -0.2) is 29.9 Å². The molecule has 0 aromatic heterocycles. The van der Waals surface area contributed by atoms with E-state index in [-0.39, 0.29) is 11.4 Å². The van der Waals surface area contributed by atoms with Crippen molar-refractivity contribution >= 4 is 23.1 Å². The number of anilines is 2. The second-order valence-corrected chi connectivity index (χ2v) is 8.96. The van der Waals surface area contributed by atoms with E-state index in [9.17, 15) is 14.7 Å². The number of rotatable bonds is 6. The first kappa shape index (κ1) is 22.6. The van der Waals surface area contributed by atoms with Crippen LogP contribution in [0.5, 0.6) is 0 Å². The Balaban J connectivity index is 2.15. The Morgan fingerprint density at radius 1 is 1.03 bits per heavy atom. The molecule has 2 aromatic rings. The largest absolute Gasteiger partial charge is 0.503 e. The van der Waals surface area contributed by atoms with Gasteiger partial charge in [-0.05, 0) is 56.2 Å². The van der Waals surface area contributed by atoms with Crippen LogP contribution in [0.3, 0.4) is 0 Å². The van der Waals surface area contributed by atoms with E-state index < -0.39 is 23.1 Å². The number of aryl methyl sites for hydroxylation is 1. The molecule has 2 aromatic carbocycles. The van der Waals surface area contributed by atoms with E-state index in [1.54, 1.807) is 25.7 Å². The Kier molecular flexibility index (Phi) is 6.25. The third kappa shape index (κ3) is 4.09. The summed E-state index contributed by atoms with van der Waals surface area (Å²) < 4.78 is 0. The van der Waals surface area contributed by atoms with Gasteiger partial charge in [-0.25, -0.2) is 0 Å². The maximum atomic E-state index is 13.3. The molecule has 1 atom stereocenters. The van der Waals surface area contributed by atoms with Gasteiger partial charge < -0.3 is 10.0 Å². The summed E-state index contributed by atoms with van der Waals surface area (Å²) in [6, 6.07) is 14.7. The Hall–Kier alpha value is -3.08. The van der Waals surface area contributed by atoms with E-state index in [2.05, 4.69) is 18.7 Å². The van der Waals surface area contributed by atoms with Crippen LogP contribution in [0.1, 0.15) is 51.8 Å². The highest BCUT2D eigenvalue weighted by atomic mass is 16.3. The molecule has 1 N–H and O–H groups in total. The molecule has 1 heterocycles. The third-order valence-electron chi connectivity index (χ3n) is 5.87. The molecule has 1 unspecified atom stereocenters. The van der Waals surface area contributed by atoms with E-state index in [0.29, 0.717) is 5.69 Å². The lowest BCUT2D eigenvalue weighted by Gasteiger charge is -2.30. The maximum Gasteiger partial charge on any atom is 0.294 e. The third-order valence-corrected chi connectivity index (χ3v) is 5.87. The molecule has 3 rings (SSSR count). The fourth-order valence-corrected chi connectivity index (χ4v) is 4.11. The van der Waals surface area contributed by atoms with Crippen LogP contribution >= 0.6 is 0 Å². The lowest BCUT2D eigenvalue weighted by Crippen LogP contribution is -2.33. The number of nitrogens with zero attached hydrogens (tertiary/aromatic N) is 2. The summed E-state index contributed by atoms with van der Waals surface area (Å²) in [5, 5.41) is 10.8. The van der Waals surface area contributed by atoms with E-state index in [0.717, 1.165) is 29.9 Å². The average molecular weight is 421 g/mol. The van der Waals surface area contributed by atoms with Crippen LogP contribution < -0.4 is 9.80 Å². The normalized spacial score (nSPS) is 16.8. The number of hydrogen-bond donors (Lipinski definition) is 1. The highest BCUT2D eigenvalue weighted by molar-refractivity contribution is 6.17. The van der Waals surface area contributed by atoms with Gasteiger partial charge in [-0.15, -0.1) is 0 Å². The van der Waals surface area contributed by atoms with Crippen LogP contribution in [0.15, 0.2) is 59.9 Å². The van der Waals surface area contributed by atoms with Crippen molar-refractivity contribution in [1.82, 2.24) is 0 Å². The summed E-state index contributed by atoms with van der Waals surface area (Å²) in [6.45, 7) is 13.3. The molecule has 0 radical (unpaired) electrons. The van der Waals surface area contributed by atoms with Crippen molar-refractivity contribution in [2.75, 3.05) is 22.9 Å². The second-order valence-electron chi connectivity index (χ2n) is 8.96. The molecule has 1 aliphatic rings. The molecule has 0 fully saturated rings. The van der Waals surface area contributed by atoms with Crippen LogP contribution in [0.25, 0.3) is 0 Å². The molecule has 5 heteroatoms. The number of benzene rings is 2. The van der Waals surface area contributed by atoms with Gasteiger partial charge in [0.2, 0.25) is 0 Å². The molecule has 164 valence electrons. The van der Waals surface area contributed by atoms with Gasteiger partial charge in [0, 0.05) is 29.9 Å². The van der Waals surface area contributed by atoms with E-state index >= 15 is 0 Å². The number of Topliss-reactive ketones (excluding diaryl/α,β-unsaturated/α-hetero) is 1. The van der Waals surface area contributed by atoms with E-state index in [1.165, 1.54) is 0 Å². The number of hydrogen-bond acceptors (Lipinski definition) is 4. The minimum Gasteiger partial charge on any atom is -0.503 e. The number of amides is 1. The molecule has 0 aliphatic carbocycles. The lowest BCUT2D eigenvalue weighted by molar-refractivity contribution is -0.123. The monoisotopic (exact) mass is 420 g/mol. The molecule has 0 bridgehead atoms. The second kappa shape index (κ2) is 8.58. The van der Waals surface area contributed by atoms with Crippen molar-refractivity contribution in [2.45, 2.75) is 47.6 Å². The van der Waals surface area contributed by atoms with Crippen LogP contribution in [-0.2, 0) is 9.59 Å². The molecule has 0 spiro atoms. The first-order chi connectivity index (χ1) is 14.6. The zero-order chi connectivity index (χ0) is 22.9. The summed E-state index contributed by atoms with van der Waals surface area (Å²) in [6.07, 6.45) is 0. The SMILES string of the molecule is CCN(CC)c1ccc(N2C(=O)C(O)=C(C(=O)C(C)(C)C)C2c2ccccc2C)cc1. The van der Waals surface area contributed by atoms with Gasteiger partial charge in [0.25, 0.3) is 5.91 Å². The number of aliphatic hydroxyl groups excluding tert-OH is 1. The van der Waals surface area contributed by atoms with Crippen molar-refractivity contribution in [1.29, 1.82) is 0 Å². The van der Waals surface area contributed by atoms with Crippen molar-refractivity contribution in [3.8, 4) is 0 Å². The summed E-state index contributed by atoms with van der Waals surface area (Å²) in [4.78, 5) is 30.3. The number of carbonyl (C=O) groups is 2. The van der Waals surface area contributed by atoms with Gasteiger partial charge in [0.15, 0.2) is 11.5 Å². The van der Waals surface area contributed by atoms with Crippen LogP contribution in [0.2, 0.25) is 0 Å². The fraction of sp³-hybridized carbons (Fsp3) is 0.385. The minimum atomic E-state index is -0.729. The molecular weight excluding hydrogens is 388 g/mol. The van der Waals surface area contributed by atoms with Gasteiger partial charge in [0.1, 0.15) is 0 Å². The molecule has 5 nitrogen and oxygen atoms in total. The summed E-state index contributed by atoms with van der Waals surface area (Å²) in [5.74, 6) is -1.23. The summed E-state index contributed by atoms with van der Waals surface area (Å²) >= 11 is 0. The van der Waals surface area contributed by atoms with Gasteiger partial charge in [-0.2, -0.15) is 0 Å². The maximum absolute atomic E-state index is 13.3. The Morgan fingerprint density at radius 2 is 1.61 bits per heavy atom. The van der Waals surface area contributed by atoms with Gasteiger partial charge in [-0.1, -0.05) is 45.0 Å². The number of aliphatic hydroxyl groups is 1. The van der Waals surface area contributed by atoms with Gasteiger partial charge in [-0.3, -0.25) is 14.5 Å². The van der Waals surface area contributed by atoms with Crippen molar-refractivity contribution in [3.05, 3.63) is 71.0 Å². The predicted molar refractivity (Wildman–Crippen MR) is 126 cm³/mol. The zero-order valence-electron chi connectivity index (χ0n) is 19.3. The molecule has 31 heavy (non-hydrogen) atoms. The average Bonchev–Trinajstić information content (AvgIpc) is 2.99. The minimum absolute atomic E-state index is 0.166. The standard InChI is InChI=1S/C26H32N2O3/c1-7-27(8-2)18-13-15-19(16-14-18)28-22(20-12-10-9-11-17(20)3)21(23(29)25(28)31)24(30)26(4,5)6/h9-16,22,29H,7-8H2,1-6H3. The fourth-order valence-electron chi connectivity index (χ4n) is 4.11. The van der Waals surface area contributed by atoms with Crippen molar-refractivity contribution < 1.29 is 14.7 Å². The Bertz CT molecular complexity index is 1010. The Morgan fingerprint density at radius 3 is 2.13 bits per heavy atom. The van der Waals surface area contributed by atoms with E-state index in [4.69, 9.17) is 0 Å². The van der Waals surface area contributed by atoms with Gasteiger partial charge in [0.05, 0.1) is 11.6 Å². The first-order valence-corrected chi connectivity index (χ1v) is 10.8. The number of ketones is 1. The van der Waals surface area contributed by atoms with E-state index in [1.807, 2.05) is 55.5 Å². The van der Waals surface area contributed by atoms with Crippen molar-refractivity contribution in [3.63, 3.8) is 0 Å². The predicted octanol–water partition coefficient (Wildman–Crippen LogP) is 5.36. The molecule has 0 saturated heterocycles. The molecule has 1 aliphatic heterocycles. The van der Waals surface area contributed by atoms with Gasteiger partial charge >= 0.3 is 0 Å². The Labute approximate surface area is 185 Å². The first-order valence-electron chi connectivity index (χ1n) is 10.8. The summed E-state index contributed by atoms with van der Waals surface area (Å²) in [7, 11) is 0. The van der Waals surface area contributed by atoms with Crippen molar-refractivity contribution in [2.24, 2.45) is 5.41 Å². The summed E-state index contributed by atoms with van der Waals surface area (Å²) in [5.41, 5.74) is 2.94. The lowest BCUT2D eigenvalue weighted by atomic mass is 9.81. The topological polar surface area (TPSA) is 60.9 Å². The highest BCUT2D eigenvalue weighted by Crippen LogP contribution is 2.44. The number of carbonyl (C=O) groups excluding carboxylic acids is 2. The zero-order valence-corrected chi connectivity index (χ0v) is 19.3. The highest BCUT2D eigenvalue weighted by Gasteiger charge is 2.47. The molecule has 1 amide bonds. The smallest absolute Gasteiger partial charge is 0.294 e. The molecular formula is C26H32N2O3. The van der Waals surface area contributed by atoms with Crippen LogP contribution in [0.4, 0.5) is 11.4 Å².